The standard InChI is InChI=1S/C26H37N3O3/c1-21(2)17-28(18-23-13-10-16-27(23)3)25(30)19-29(22-11-6-4-7-12-22)26(31)20-32-24-14-8-5-9-15-24/h5,8-10,13-16,21-22H,4,6-7,11-12,17-20H2,1-3H3. The van der Waals surface area contributed by atoms with Gasteiger partial charge in [-0.1, -0.05) is 51.3 Å². The first-order valence-corrected chi connectivity index (χ1v) is 11.8. The highest BCUT2D eigenvalue weighted by atomic mass is 16.5. The number of ether oxygens (including phenoxy) is 1. The van der Waals surface area contributed by atoms with Gasteiger partial charge in [-0.05, 0) is 43.0 Å². The Morgan fingerprint density at radius 2 is 1.75 bits per heavy atom. The van der Waals surface area contributed by atoms with Crippen molar-refractivity contribution in [2.45, 2.75) is 58.5 Å². The quantitative estimate of drug-likeness (QED) is 0.556. The topological polar surface area (TPSA) is 54.8 Å². The van der Waals surface area contributed by atoms with Crippen LogP contribution in [-0.4, -0.2) is 51.9 Å². The predicted octanol–water partition coefficient (Wildman–Crippen LogP) is 4.25. The number of para-hydroxylation sites is 1. The van der Waals surface area contributed by atoms with Crippen molar-refractivity contribution in [3.8, 4) is 5.75 Å². The molecule has 0 N–H and O–H groups in total. The van der Waals surface area contributed by atoms with Gasteiger partial charge in [-0.15, -0.1) is 0 Å². The highest BCUT2D eigenvalue weighted by Crippen LogP contribution is 2.23. The van der Waals surface area contributed by atoms with Crippen LogP contribution in [0.25, 0.3) is 0 Å². The van der Waals surface area contributed by atoms with Crippen molar-refractivity contribution >= 4 is 11.8 Å². The molecule has 6 heteroatoms. The summed E-state index contributed by atoms with van der Waals surface area (Å²) in [6, 6.07) is 13.5. The van der Waals surface area contributed by atoms with Crippen LogP contribution in [0.5, 0.6) is 5.75 Å². The van der Waals surface area contributed by atoms with Gasteiger partial charge in [-0.25, -0.2) is 0 Å². The number of hydrogen-bond acceptors (Lipinski definition) is 3. The van der Waals surface area contributed by atoms with E-state index in [0.29, 0.717) is 24.8 Å². The Morgan fingerprint density at radius 3 is 2.38 bits per heavy atom. The van der Waals surface area contributed by atoms with E-state index in [1.54, 1.807) is 4.90 Å². The molecule has 0 bridgehead atoms. The van der Waals surface area contributed by atoms with Crippen LogP contribution >= 0.6 is 0 Å². The third kappa shape index (κ3) is 6.87. The summed E-state index contributed by atoms with van der Waals surface area (Å²) in [7, 11) is 1.99. The number of carbonyl (C=O) groups excluding carboxylic acids is 2. The molecule has 0 atom stereocenters. The number of aryl methyl sites for hydroxylation is 1. The van der Waals surface area contributed by atoms with Gasteiger partial charge in [-0.3, -0.25) is 9.59 Å². The van der Waals surface area contributed by atoms with Crippen LogP contribution in [0.4, 0.5) is 0 Å². The molecule has 2 aromatic rings. The number of aromatic nitrogens is 1. The lowest BCUT2D eigenvalue weighted by atomic mass is 9.94. The second kappa shape index (κ2) is 11.7. The maximum atomic E-state index is 13.4. The molecular formula is C26H37N3O3. The van der Waals surface area contributed by atoms with E-state index in [9.17, 15) is 9.59 Å². The molecule has 1 aliphatic carbocycles. The predicted molar refractivity (Wildman–Crippen MR) is 126 cm³/mol. The Bertz CT molecular complexity index is 856. The zero-order valence-electron chi connectivity index (χ0n) is 19.7. The third-order valence-electron chi connectivity index (χ3n) is 6.09. The molecule has 1 aromatic heterocycles. The third-order valence-corrected chi connectivity index (χ3v) is 6.09. The minimum absolute atomic E-state index is 0.00136. The number of rotatable bonds is 10. The molecule has 2 amide bonds. The molecule has 0 radical (unpaired) electrons. The van der Waals surface area contributed by atoms with E-state index >= 15 is 0 Å². The fourth-order valence-corrected chi connectivity index (χ4v) is 4.36. The Kier molecular flexibility index (Phi) is 8.77. The molecule has 1 heterocycles. The Labute approximate surface area is 192 Å². The lowest BCUT2D eigenvalue weighted by Crippen LogP contribution is -2.50. The van der Waals surface area contributed by atoms with E-state index in [4.69, 9.17) is 4.74 Å². The van der Waals surface area contributed by atoms with Gasteiger partial charge in [0.1, 0.15) is 12.3 Å². The van der Waals surface area contributed by atoms with Crippen LogP contribution in [0.3, 0.4) is 0 Å². The van der Waals surface area contributed by atoms with E-state index in [1.165, 1.54) is 6.42 Å². The van der Waals surface area contributed by atoms with Crippen LogP contribution in [-0.2, 0) is 23.2 Å². The molecule has 174 valence electrons. The van der Waals surface area contributed by atoms with E-state index in [0.717, 1.165) is 31.4 Å². The SMILES string of the molecule is CC(C)CN(Cc1cccn1C)C(=O)CN(C(=O)COc1ccccc1)C1CCCCC1. The van der Waals surface area contributed by atoms with Gasteiger partial charge in [0.25, 0.3) is 5.91 Å². The number of hydrogen-bond donors (Lipinski definition) is 0. The molecule has 1 fully saturated rings. The van der Waals surface area contributed by atoms with Gasteiger partial charge in [0, 0.05) is 31.5 Å². The summed E-state index contributed by atoms with van der Waals surface area (Å²) >= 11 is 0. The van der Waals surface area contributed by atoms with E-state index in [1.807, 2.05) is 65.2 Å². The van der Waals surface area contributed by atoms with Crippen molar-refractivity contribution in [1.82, 2.24) is 14.4 Å². The van der Waals surface area contributed by atoms with Crippen molar-refractivity contribution in [1.29, 1.82) is 0 Å². The van der Waals surface area contributed by atoms with Gasteiger partial charge in [0.05, 0.1) is 6.54 Å². The molecule has 1 aromatic carbocycles. The van der Waals surface area contributed by atoms with Crippen molar-refractivity contribution in [3.63, 3.8) is 0 Å². The molecule has 32 heavy (non-hydrogen) atoms. The molecule has 0 saturated heterocycles. The number of carbonyl (C=O) groups is 2. The molecule has 6 nitrogen and oxygen atoms in total. The smallest absolute Gasteiger partial charge is 0.261 e. The summed E-state index contributed by atoms with van der Waals surface area (Å²) in [6.07, 6.45) is 7.28. The van der Waals surface area contributed by atoms with Gasteiger partial charge in [0.15, 0.2) is 6.61 Å². The summed E-state index contributed by atoms with van der Waals surface area (Å²) in [5, 5.41) is 0. The second-order valence-electron chi connectivity index (χ2n) is 9.19. The van der Waals surface area contributed by atoms with Crippen LogP contribution in [0.2, 0.25) is 0 Å². The number of amides is 2. The highest BCUT2D eigenvalue weighted by Gasteiger charge is 2.29. The summed E-state index contributed by atoms with van der Waals surface area (Å²) < 4.78 is 7.77. The monoisotopic (exact) mass is 439 g/mol. The summed E-state index contributed by atoms with van der Waals surface area (Å²) in [5.74, 6) is 0.899. The van der Waals surface area contributed by atoms with Crippen LogP contribution in [0.15, 0.2) is 48.7 Å². The first-order valence-electron chi connectivity index (χ1n) is 11.8. The summed E-state index contributed by atoms with van der Waals surface area (Å²) in [6.45, 7) is 5.51. The van der Waals surface area contributed by atoms with Crippen LogP contribution in [0.1, 0.15) is 51.6 Å². The fourth-order valence-electron chi connectivity index (χ4n) is 4.36. The van der Waals surface area contributed by atoms with Gasteiger partial charge >= 0.3 is 0 Å². The lowest BCUT2D eigenvalue weighted by Gasteiger charge is -2.35. The fraction of sp³-hybridized carbons (Fsp3) is 0.538. The largest absolute Gasteiger partial charge is 0.484 e. The lowest BCUT2D eigenvalue weighted by molar-refractivity contribution is -0.145. The van der Waals surface area contributed by atoms with Crippen LogP contribution < -0.4 is 4.74 Å². The Hall–Kier alpha value is -2.76. The van der Waals surface area contributed by atoms with Gasteiger partial charge in [-0.2, -0.15) is 0 Å². The Morgan fingerprint density at radius 1 is 1.03 bits per heavy atom. The average molecular weight is 440 g/mol. The van der Waals surface area contributed by atoms with Crippen molar-refractivity contribution < 1.29 is 14.3 Å². The average Bonchev–Trinajstić information content (AvgIpc) is 3.20. The molecule has 1 aliphatic rings. The molecule has 0 aliphatic heterocycles. The molecular weight excluding hydrogens is 402 g/mol. The first-order chi connectivity index (χ1) is 15.4. The summed E-state index contributed by atoms with van der Waals surface area (Å²) in [5.41, 5.74) is 1.09. The van der Waals surface area contributed by atoms with Crippen molar-refractivity contribution in [3.05, 3.63) is 54.4 Å². The first kappa shape index (κ1) is 23.9. The maximum absolute atomic E-state index is 13.4. The highest BCUT2D eigenvalue weighted by molar-refractivity contribution is 5.85. The Balaban J connectivity index is 1.71. The zero-order valence-corrected chi connectivity index (χ0v) is 19.7. The molecule has 1 saturated carbocycles. The van der Waals surface area contributed by atoms with Crippen molar-refractivity contribution in [2.75, 3.05) is 19.7 Å². The molecule has 0 spiro atoms. The van der Waals surface area contributed by atoms with Crippen LogP contribution in [0, 0.1) is 5.92 Å². The van der Waals surface area contributed by atoms with E-state index in [-0.39, 0.29) is 31.0 Å². The number of nitrogens with zero attached hydrogens (tertiary/aromatic N) is 3. The molecule has 3 rings (SSSR count). The minimum atomic E-state index is -0.113. The van der Waals surface area contributed by atoms with Gasteiger partial charge < -0.3 is 19.1 Å². The zero-order chi connectivity index (χ0) is 22.9. The number of benzene rings is 1. The maximum Gasteiger partial charge on any atom is 0.261 e. The molecule has 0 unspecified atom stereocenters. The summed E-state index contributed by atoms with van der Waals surface area (Å²) in [4.78, 5) is 30.3. The minimum Gasteiger partial charge on any atom is -0.484 e. The van der Waals surface area contributed by atoms with Gasteiger partial charge in [0.2, 0.25) is 5.91 Å². The van der Waals surface area contributed by atoms with Crippen molar-refractivity contribution in [2.24, 2.45) is 13.0 Å². The second-order valence-corrected chi connectivity index (χ2v) is 9.19. The van der Waals surface area contributed by atoms with E-state index < -0.39 is 0 Å². The van der Waals surface area contributed by atoms with E-state index in [2.05, 4.69) is 13.8 Å². The normalized spacial score (nSPS) is 14.4.